The Hall–Kier alpha value is -5.00. The molecule has 3 fully saturated rings. The fraction of sp³-hybridized carbons (Fsp3) is 0.459. The van der Waals surface area contributed by atoms with Crippen LogP contribution in [0.1, 0.15) is 73.1 Å². The molecule has 256 valence electrons. The van der Waals surface area contributed by atoms with Gasteiger partial charge in [-0.25, -0.2) is 4.98 Å². The Labute approximate surface area is 285 Å². The molecule has 5 atom stereocenters. The lowest BCUT2D eigenvalue weighted by molar-refractivity contribution is -0.144. The van der Waals surface area contributed by atoms with Crippen LogP contribution in [-0.4, -0.2) is 73.9 Å². The molecular formula is C37H43N7O5. The van der Waals surface area contributed by atoms with Gasteiger partial charge in [-0.2, -0.15) is 0 Å². The zero-order valence-corrected chi connectivity index (χ0v) is 27.5. The summed E-state index contributed by atoms with van der Waals surface area (Å²) in [6, 6.07) is 11.7. The van der Waals surface area contributed by atoms with Gasteiger partial charge in [0, 0.05) is 31.6 Å². The van der Waals surface area contributed by atoms with E-state index in [9.17, 15) is 24.0 Å². The number of pyridine rings is 1. The van der Waals surface area contributed by atoms with Gasteiger partial charge < -0.3 is 20.9 Å². The molecule has 1 saturated heterocycles. The minimum atomic E-state index is -1.15. The molecule has 2 saturated carbocycles. The Morgan fingerprint density at radius 3 is 2.35 bits per heavy atom. The zero-order chi connectivity index (χ0) is 34.2. The number of Topliss-reactive ketones (excluding diaryl/α,β-unsaturated/α-hetero) is 1. The molecule has 1 aromatic carbocycles. The highest BCUT2D eigenvalue weighted by Crippen LogP contribution is 2.43. The summed E-state index contributed by atoms with van der Waals surface area (Å²) in [6.45, 7) is 0.461. The van der Waals surface area contributed by atoms with E-state index in [1.54, 1.807) is 29.3 Å². The van der Waals surface area contributed by atoms with Crippen LogP contribution in [0.5, 0.6) is 0 Å². The number of ketones is 1. The average Bonchev–Trinajstić information content (AvgIpc) is 3.75. The average molecular weight is 666 g/mol. The van der Waals surface area contributed by atoms with E-state index in [0.717, 1.165) is 56.9 Å². The molecule has 6 rings (SSSR count). The summed E-state index contributed by atoms with van der Waals surface area (Å²) in [7, 11) is 0. The van der Waals surface area contributed by atoms with Gasteiger partial charge in [-0.3, -0.25) is 33.9 Å². The standard InChI is InChI=1S/C37H43N7O5/c45-33(36(48)41-21-27-15-7-8-17-39-27)29(20-24-10-3-1-4-11-24)42-35(47)32-28-16-9-14-26(28)23-44(32)37(49)31(25-12-5-2-6-13-25)43-34(46)30-22-38-18-19-40-30/h1,3-4,7-8,10-11,15,17-19,22,25-26,28-29,31-32H,2,5-6,9,12-14,16,20-21,23H2,(H,41,48)(H,42,47)(H,43,46)/t26-,28-,29+,31-,32-/m0/s1. The molecule has 0 radical (unpaired) electrons. The van der Waals surface area contributed by atoms with Crippen LogP contribution in [0.25, 0.3) is 0 Å². The molecule has 3 aromatic rings. The topological polar surface area (TPSA) is 163 Å². The highest BCUT2D eigenvalue weighted by Gasteiger charge is 2.51. The third kappa shape index (κ3) is 8.18. The summed E-state index contributed by atoms with van der Waals surface area (Å²) in [5, 5.41) is 8.51. The number of nitrogens with one attached hydrogen (secondary N) is 3. The molecule has 3 heterocycles. The van der Waals surface area contributed by atoms with E-state index in [0.29, 0.717) is 12.2 Å². The third-order valence-electron chi connectivity index (χ3n) is 10.2. The number of carbonyl (C=O) groups is 5. The zero-order valence-electron chi connectivity index (χ0n) is 27.5. The number of benzene rings is 1. The van der Waals surface area contributed by atoms with Gasteiger partial charge in [0.15, 0.2) is 0 Å². The van der Waals surface area contributed by atoms with E-state index in [1.807, 2.05) is 30.3 Å². The second kappa shape index (κ2) is 15.9. The van der Waals surface area contributed by atoms with Crippen molar-refractivity contribution in [3.63, 3.8) is 0 Å². The number of amides is 4. The van der Waals surface area contributed by atoms with Gasteiger partial charge in [0.2, 0.25) is 17.6 Å². The summed E-state index contributed by atoms with van der Waals surface area (Å²) in [5.41, 5.74) is 1.49. The second-order valence-electron chi connectivity index (χ2n) is 13.3. The number of hydrogen-bond acceptors (Lipinski definition) is 8. The van der Waals surface area contributed by atoms with Gasteiger partial charge in [0.1, 0.15) is 23.8 Å². The summed E-state index contributed by atoms with van der Waals surface area (Å²) < 4.78 is 0. The maximum absolute atomic E-state index is 14.6. The van der Waals surface area contributed by atoms with Crippen molar-refractivity contribution in [3.8, 4) is 0 Å². The van der Waals surface area contributed by atoms with Crippen LogP contribution >= 0.6 is 0 Å². The smallest absolute Gasteiger partial charge is 0.289 e. The Kier molecular flexibility index (Phi) is 11.0. The predicted molar refractivity (Wildman–Crippen MR) is 179 cm³/mol. The third-order valence-corrected chi connectivity index (χ3v) is 10.2. The van der Waals surface area contributed by atoms with Crippen LogP contribution in [-0.2, 0) is 32.1 Å². The molecule has 1 aliphatic heterocycles. The number of fused-ring (bicyclic) bond motifs is 1. The monoisotopic (exact) mass is 665 g/mol. The Bertz CT molecular complexity index is 1620. The Balaban J connectivity index is 1.23. The second-order valence-corrected chi connectivity index (χ2v) is 13.3. The lowest BCUT2D eigenvalue weighted by atomic mass is 9.83. The molecular weight excluding hydrogens is 622 g/mol. The van der Waals surface area contributed by atoms with Gasteiger partial charge in [-0.05, 0) is 61.1 Å². The quantitative estimate of drug-likeness (QED) is 0.249. The largest absolute Gasteiger partial charge is 0.344 e. The lowest BCUT2D eigenvalue weighted by Crippen LogP contribution is -2.59. The van der Waals surface area contributed by atoms with E-state index in [4.69, 9.17) is 0 Å². The van der Waals surface area contributed by atoms with Crippen LogP contribution in [0.2, 0.25) is 0 Å². The van der Waals surface area contributed by atoms with Crippen LogP contribution in [0, 0.1) is 17.8 Å². The number of nitrogens with zero attached hydrogens (tertiary/aromatic N) is 4. The minimum Gasteiger partial charge on any atom is -0.344 e. The SMILES string of the molecule is O=C(NCc1ccccn1)C(=O)[C@@H](Cc1ccccc1)NC(=O)[C@@H]1[C@H]2CCC[C@H]2CN1C(=O)[C@@H](NC(=O)c1cnccn1)C1CCCCC1. The van der Waals surface area contributed by atoms with E-state index < -0.39 is 41.6 Å². The first-order chi connectivity index (χ1) is 23.9. The minimum absolute atomic E-state index is 0.0644. The first-order valence-corrected chi connectivity index (χ1v) is 17.3. The van der Waals surface area contributed by atoms with Gasteiger partial charge >= 0.3 is 0 Å². The number of hydrogen-bond donors (Lipinski definition) is 3. The van der Waals surface area contributed by atoms with Gasteiger partial charge in [-0.1, -0.05) is 62.1 Å². The highest BCUT2D eigenvalue weighted by atomic mass is 16.2. The number of carbonyl (C=O) groups excluding carboxylic acids is 5. The van der Waals surface area contributed by atoms with Crippen molar-refractivity contribution >= 4 is 29.4 Å². The summed E-state index contributed by atoms with van der Waals surface area (Å²) in [5.74, 6) is -2.87. The number of aromatic nitrogens is 3. The first kappa shape index (κ1) is 33.9. The van der Waals surface area contributed by atoms with Crippen molar-refractivity contribution in [1.82, 2.24) is 35.8 Å². The lowest BCUT2D eigenvalue weighted by Gasteiger charge is -2.35. The molecule has 3 aliphatic rings. The Morgan fingerprint density at radius 1 is 0.816 bits per heavy atom. The summed E-state index contributed by atoms with van der Waals surface area (Å²) in [6.07, 6.45) is 13.1. The van der Waals surface area contributed by atoms with Crippen molar-refractivity contribution in [1.29, 1.82) is 0 Å². The van der Waals surface area contributed by atoms with Crippen LogP contribution < -0.4 is 16.0 Å². The maximum Gasteiger partial charge on any atom is 0.289 e. The first-order valence-electron chi connectivity index (χ1n) is 17.3. The van der Waals surface area contributed by atoms with Crippen molar-refractivity contribution in [2.45, 2.75) is 82.5 Å². The van der Waals surface area contributed by atoms with Crippen molar-refractivity contribution in [2.24, 2.45) is 17.8 Å². The summed E-state index contributed by atoms with van der Waals surface area (Å²) >= 11 is 0. The molecule has 49 heavy (non-hydrogen) atoms. The van der Waals surface area contributed by atoms with Crippen molar-refractivity contribution in [3.05, 3.63) is 90.3 Å². The predicted octanol–water partition coefficient (Wildman–Crippen LogP) is 2.79. The van der Waals surface area contributed by atoms with Crippen LogP contribution in [0.4, 0.5) is 0 Å². The van der Waals surface area contributed by atoms with Gasteiger partial charge in [0.25, 0.3) is 11.8 Å². The molecule has 2 aromatic heterocycles. The normalized spacial score (nSPS) is 21.6. The van der Waals surface area contributed by atoms with Crippen molar-refractivity contribution < 1.29 is 24.0 Å². The van der Waals surface area contributed by atoms with Crippen molar-refractivity contribution in [2.75, 3.05) is 6.54 Å². The highest BCUT2D eigenvalue weighted by molar-refractivity contribution is 6.38. The van der Waals surface area contributed by atoms with E-state index >= 15 is 0 Å². The molecule has 12 nitrogen and oxygen atoms in total. The molecule has 4 amide bonds. The maximum atomic E-state index is 14.6. The molecule has 0 spiro atoms. The Morgan fingerprint density at radius 2 is 1.61 bits per heavy atom. The fourth-order valence-electron chi connectivity index (χ4n) is 7.76. The fourth-order valence-corrected chi connectivity index (χ4v) is 7.76. The summed E-state index contributed by atoms with van der Waals surface area (Å²) in [4.78, 5) is 82.9. The van der Waals surface area contributed by atoms with Gasteiger partial charge in [0.05, 0.1) is 18.4 Å². The molecule has 0 bridgehead atoms. The molecule has 2 aliphatic carbocycles. The molecule has 3 N–H and O–H groups in total. The van der Waals surface area contributed by atoms with Gasteiger partial charge in [-0.15, -0.1) is 0 Å². The molecule has 0 unspecified atom stereocenters. The van der Waals surface area contributed by atoms with E-state index in [2.05, 4.69) is 30.9 Å². The van der Waals surface area contributed by atoms with Crippen LogP contribution in [0.15, 0.2) is 73.3 Å². The number of likely N-dealkylation sites (tertiary alicyclic amines) is 1. The number of rotatable bonds is 12. The molecule has 12 heteroatoms. The van der Waals surface area contributed by atoms with E-state index in [1.165, 1.54) is 18.6 Å². The van der Waals surface area contributed by atoms with E-state index in [-0.39, 0.29) is 42.3 Å². The van der Waals surface area contributed by atoms with Crippen LogP contribution in [0.3, 0.4) is 0 Å².